The summed E-state index contributed by atoms with van der Waals surface area (Å²) in [5.74, 6) is 0.147. The second-order valence-electron chi connectivity index (χ2n) is 6.09. The molecule has 0 aliphatic carbocycles. The van der Waals surface area contributed by atoms with Gasteiger partial charge >= 0.3 is 0 Å². The number of methoxy groups -OCH3 is 1. The maximum Gasteiger partial charge on any atom is 0.248 e. The number of carbonyl (C=O) groups is 2. The number of anilines is 1. The van der Waals surface area contributed by atoms with E-state index in [1.165, 1.54) is 16.2 Å². The molecule has 0 radical (unpaired) electrons. The Bertz CT molecular complexity index is 922. The Labute approximate surface area is 166 Å². The van der Waals surface area contributed by atoms with E-state index in [2.05, 4.69) is 10.3 Å². The third kappa shape index (κ3) is 5.28. The van der Waals surface area contributed by atoms with E-state index in [1.807, 2.05) is 24.3 Å². The maximum absolute atomic E-state index is 12.2. The van der Waals surface area contributed by atoms with Crippen molar-refractivity contribution < 1.29 is 19.1 Å². The molecule has 28 heavy (non-hydrogen) atoms. The molecule has 0 atom stereocenters. The summed E-state index contributed by atoms with van der Waals surface area (Å²) < 4.78 is 11.6. The van der Waals surface area contributed by atoms with Crippen molar-refractivity contribution in [1.82, 2.24) is 9.88 Å². The summed E-state index contributed by atoms with van der Waals surface area (Å²) in [6.45, 7) is 0.0918. The van der Waals surface area contributed by atoms with Crippen LogP contribution in [-0.4, -0.2) is 49.0 Å². The Morgan fingerprint density at radius 1 is 1.14 bits per heavy atom. The van der Waals surface area contributed by atoms with Crippen LogP contribution >= 0.6 is 11.3 Å². The first-order valence-corrected chi connectivity index (χ1v) is 9.47. The number of benzene rings is 2. The number of ether oxygens (including phenoxy) is 2. The van der Waals surface area contributed by atoms with Crippen LogP contribution in [0.4, 0.5) is 5.69 Å². The van der Waals surface area contributed by atoms with Gasteiger partial charge in [-0.05, 0) is 36.4 Å². The molecule has 0 saturated heterocycles. The van der Waals surface area contributed by atoms with E-state index in [9.17, 15) is 9.59 Å². The number of thiazole rings is 1. The van der Waals surface area contributed by atoms with Gasteiger partial charge in [0.15, 0.2) is 0 Å². The molecule has 3 rings (SSSR count). The van der Waals surface area contributed by atoms with Crippen molar-refractivity contribution in [1.29, 1.82) is 0 Å². The van der Waals surface area contributed by atoms with Crippen molar-refractivity contribution in [2.45, 2.75) is 6.61 Å². The highest BCUT2D eigenvalue weighted by Crippen LogP contribution is 2.22. The highest BCUT2D eigenvalue weighted by molar-refractivity contribution is 7.18. The number of likely N-dealkylation sites (N-methyl/N-ethyl adjacent to an activating group) is 1. The number of aromatic nitrogens is 1. The quantitative estimate of drug-likeness (QED) is 0.630. The molecule has 0 aliphatic rings. The number of amides is 2. The zero-order valence-corrected chi connectivity index (χ0v) is 16.5. The van der Waals surface area contributed by atoms with E-state index in [0.29, 0.717) is 11.4 Å². The van der Waals surface area contributed by atoms with Gasteiger partial charge in [0, 0.05) is 12.7 Å². The molecule has 146 valence electrons. The van der Waals surface area contributed by atoms with Crippen LogP contribution in [0.15, 0.2) is 48.5 Å². The minimum Gasteiger partial charge on any atom is -0.497 e. The number of carbonyl (C=O) groups excluding carboxylic acids is 2. The van der Waals surface area contributed by atoms with Crippen molar-refractivity contribution in [3.05, 3.63) is 53.5 Å². The highest BCUT2D eigenvalue weighted by Gasteiger charge is 2.14. The lowest BCUT2D eigenvalue weighted by molar-refractivity contribution is -0.137. The molecule has 3 aromatic rings. The molecule has 0 spiro atoms. The van der Waals surface area contributed by atoms with E-state index in [4.69, 9.17) is 9.47 Å². The molecule has 0 bridgehead atoms. The molecule has 0 saturated carbocycles. The molecule has 7 nitrogen and oxygen atoms in total. The normalized spacial score (nSPS) is 10.6. The lowest BCUT2D eigenvalue weighted by Crippen LogP contribution is -2.37. The van der Waals surface area contributed by atoms with Gasteiger partial charge in [0.2, 0.25) is 11.8 Å². The first kappa shape index (κ1) is 19.8. The smallest absolute Gasteiger partial charge is 0.248 e. The molecule has 0 fully saturated rings. The van der Waals surface area contributed by atoms with Gasteiger partial charge in [0.05, 0.1) is 30.5 Å². The summed E-state index contributed by atoms with van der Waals surface area (Å²) in [7, 11) is 3.14. The van der Waals surface area contributed by atoms with Crippen molar-refractivity contribution in [2.75, 3.05) is 32.6 Å². The summed E-state index contributed by atoms with van der Waals surface area (Å²) in [4.78, 5) is 30.0. The van der Waals surface area contributed by atoms with Gasteiger partial charge in [0.1, 0.15) is 17.4 Å². The SMILES string of the molecule is COc1ccc(NC(=O)CN(C)C(=O)COCc2nc3ccccc3s2)cc1. The second kappa shape index (κ2) is 9.29. The summed E-state index contributed by atoms with van der Waals surface area (Å²) in [5, 5.41) is 3.55. The Morgan fingerprint density at radius 2 is 1.89 bits per heavy atom. The third-order valence-corrected chi connectivity index (χ3v) is 4.98. The number of hydrogen-bond donors (Lipinski definition) is 1. The Hall–Kier alpha value is -2.97. The summed E-state index contributed by atoms with van der Waals surface area (Å²) in [6.07, 6.45) is 0. The largest absolute Gasteiger partial charge is 0.497 e. The van der Waals surface area contributed by atoms with Gasteiger partial charge in [0.25, 0.3) is 0 Å². The third-order valence-electron chi connectivity index (χ3n) is 3.97. The Balaban J connectivity index is 1.42. The molecule has 2 amide bonds. The number of nitrogens with one attached hydrogen (secondary N) is 1. The molecule has 1 heterocycles. The standard InChI is InChI=1S/C20H21N3O4S/c1-23(11-18(24)21-14-7-9-15(26-2)10-8-14)20(25)13-27-12-19-22-16-5-3-4-6-17(16)28-19/h3-10H,11-13H2,1-2H3,(H,21,24). The van der Waals surface area contributed by atoms with Crippen LogP contribution < -0.4 is 10.1 Å². The second-order valence-corrected chi connectivity index (χ2v) is 7.21. The van der Waals surface area contributed by atoms with E-state index < -0.39 is 0 Å². The fraction of sp³-hybridized carbons (Fsp3) is 0.250. The molecule has 0 unspecified atom stereocenters. The van der Waals surface area contributed by atoms with Crippen LogP contribution in [0.3, 0.4) is 0 Å². The van der Waals surface area contributed by atoms with E-state index in [1.54, 1.807) is 38.4 Å². The van der Waals surface area contributed by atoms with Crippen molar-refractivity contribution in [3.8, 4) is 5.75 Å². The fourth-order valence-corrected chi connectivity index (χ4v) is 3.40. The number of para-hydroxylation sites is 1. The van der Waals surface area contributed by atoms with Gasteiger partial charge in [-0.2, -0.15) is 0 Å². The van der Waals surface area contributed by atoms with Gasteiger partial charge in [-0.15, -0.1) is 11.3 Å². The minimum atomic E-state index is -0.285. The van der Waals surface area contributed by atoms with Crippen molar-refractivity contribution in [3.63, 3.8) is 0 Å². The number of rotatable bonds is 8. The van der Waals surface area contributed by atoms with Crippen molar-refractivity contribution in [2.24, 2.45) is 0 Å². The number of hydrogen-bond acceptors (Lipinski definition) is 6. The molecular formula is C20H21N3O4S. The van der Waals surface area contributed by atoms with Gasteiger partial charge in [-0.25, -0.2) is 4.98 Å². The first-order chi connectivity index (χ1) is 13.5. The molecule has 1 aromatic heterocycles. The van der Waals surface area contributed by atoms with Crippen LogP contribution in [0.5, 0.6) is 5.75 Å². The van der Waals surface area contributed by atoms with Crippen LogP contribution in [0.1, 0.15) is 5.01 Å². The van der Waals surface area contributed by atoms with E-state index >= 15 is 0 Å². The van der Waals surface area contributed by atoms with Crippen LogP contribution in [-0.2, 0) is 20.9 Å². The minimum absolute atomic E-state index is 0.0602. The summed E-state index contributed by atoms with van der Waals surface area (Å²) in [6, 6.07) is 14.8. The van der Waals surface area contributed by atoms with Gasteiger partial charge < -0.3 is 19.7 Å². The zero-order chi connectivity index (χ0) is 19.9. The fourth-order valence-electron chi connectivity index (χ4n) is 2.50. The van der Waals surface area contributed by atoms with Gasteiger partial charge in [-0.3, -0.25) is 9.59 Å². The molecule has 2 aromatic carbocycles. The monoisotopic (exact) mass is 399 g/mol. The maximum atomic E-state index is 12.2. The Morgan fingerprint density at radius 3 is 2.61 bits per heavy atom. The predicted octanol–water partition coefficient (Wildman–Crippen LogP) is 2.92. The van der Waals surface area contributed by atoms with E-state index in [0.717, 1.165) is 15.2 Å². The lowest BCUT2D eigenvalue weighted by atomic mass is 10.3. The average molecular weight is 399 g/mol. The van der Waals surface area contributed by atoms with Crippen molar-refractivity contribution >= 4 is 39.1 Å². The molecule has 0 aliphatic heterocycles. The van der Waals surface area contributed by atoms with E-state index in [-0.39, 0.29) is 31.6 Å². The van der Waals surface area contributed by atoms with Crippen LogP contribution in [0, 0.1) is 0 Å². The Kier molecular flexibility index (Phi) is 6.57. The zero-order valence-electron chi connectivity index (χ0n) is 15.7. The summed E-state index contributed by atoms with van der Waals surface area (Å²) in [5.41, 5.74) is 1.56. The van der Waals surface area contributed by atoms with Crippen LogP contribution in [0.25, 0.3) is 10.2 Å². The first-order valence-electron chi connectivity index (χ1n) is 8.65. The molecular weight excluding hydrogens is 378 g/mol. The average Bonchev–Trinajstić information content (AvgIpc) is 3.11. The molecule has 8 heteroatoms. The van der Waals surface area contributed by atoms with Crippen LogP contribution in [0.2, 0.25) is 0 Å². The lowest BCUT2D eigenvalue weighted by Gasteiger charge is -2.16. The van der Waals surface area contributed by atoms with Gasteiger partial charge in [-0.1, -0.05) is 12.1 Å². The predicted molar refractivity (Wildman–Crippen MR) is 109 cm³/mol. The molecule has 1 N–H and O–H groups in total. The topological polar surface area (TPSA) is 80.8 Å². The summed E-state index contributed by atoms with van der Waals surface area (Å²) >= 11 is 1.54. The number of fused-ring (bicyclic) bond motifs is 1. The highest BCUT2D eigenvalue weighted by atomic mass is 32.1. The number of nitrogens with zero attached hydrogens (tertiary/aromatic N) is 2.